The van der Waals surface area contributed by atoms with Crippen LogP contribution in [-0.2, 0) is 4.74 Å². The van der Waals surface area contributed by atoms with Crippen molar-refractivity contribution in [1.82, 2.24) is 0 Å². The van der Waals surface area contributed by atoms with Crippen molar-refractivity contribution in [3.05, 3.63) is 0 Å². The molecule has 0 aromatic rings. The molecule has 5 nitrogen and oxygen atoms in total. The van der Waals surface area contributed by atoms with Gasteiger partial charge in [0, 0.05) is 12.1 Å². The summed E-state index contributed by atoms with van der Waals surface area (Å²) in [4.78, 5) is 0. The van der Waals surface area contributed by atoms with E-state index < -0.39 is 11.4 Å². The average molecular weight is 242 g/mol. The van der Waals surface area contributed by atoms with Gasteiger partial charge in [0.05, 0.1) is 0 Å². The fraction of sp³-hybridized carbons (Fsp3) is 1.00. The van der Waals surface area contributed by atoms with E-state index in [9.17, 15) is 0 Å². The molecule has 0 saturated heterocycles. The second-order valence-corrected chi connectivity index (χ2v) is 5.72. The second-order valence-electron chi connectivity index (χ2n) is 5.72. The van der Waals surface area contributed by atoms with Crippen molar-refractivity contribution >= 4 is 0 Å². The quantitative estimate of drug-likeness (QED) is 0.513. The van der Waals surface area contributed by atoms with E-state index >= 15 is 0 Å². The van der Waals surface area contributed by atoms with Crippen LogP contribution in [0.25, 0.3) is 0 Å². The molecule has 8 N–H and O–H groups in total. The molecule has 0 amide bonds. The molecule has 2 fully saturated rings. The zero-order chi connectivity index (χ0) is 12.5. The van der Waals surface area contributed by atoms with Crippen molar-refractivity contribution in [3.8, 4) is 0 Å². The molecule has 2 rings (SSSR count). The lowest BCUT2D eigenvalue weighted by molar-refractivity contribution is -0.193. The van der Waals surface area contributed by atoms with Gasteiger partial charge in [0.2, 0.25) is 0 Å². The standard InChI is InChI=1S/C12H26N4O/c13-9-5-1-3-7-11(9,15)17-12(16)8-4-2-6-10(12)14/h9-10H,1-8,13-16H2. The van der Waals surface area contributed by atoms with Gasteiger partial charge >= 0.3 is 0 Å². The molecule has 0 radical (unpaired) electrons. The van der Waals surface area contributed by atoms with E-state index in [1.54, 1.807) is 0 Å². The van der Waals surface area contributed by atoms with Crippen LogP contribution >= 0.6 is 0 Å². The highest BCUT2D eigenvalue weighted by atomic mass is 16.5. The van der Waals surface area contributed by atoms with E-state index in [1.807, 2.05) is 0 Å². The van der Waals surface area contributed by atoms with Crippen LogP contribution in [0.1, 0.15) is 51.4 Å². The number of nitrogens with two attached hydrogens (primary N) is 4. The Morgan fingerprint density at radius 1 is 0.765 bits per heavy atom. The minimum atomic E-state index is -0.790. The van der Waals surface area contributed by atoms with Crippen molar-refractivity contribution in [3.63, 3.8) is 0 Å². The molecule has 0 aromatic heterocycles. The number of ether oxygens (including phenoxy) is 1. The molecule has 0 heterocycles. The van der Waals surface area contributed by atoms with Crippen molar-refractivity contribution in [2.24, 2.45) is 22.9 Å². The normalized spacial score (nSPS) is 48.0. The molecule has 0 spiro atoms. The van der Waals surface area contributed by atoms with Crippen LogP contribution in [0.4, 0.5) is 0 Å². The Morgan fingerprint density at radius 3 is 1.53 bits per heavy atom. The highest BCUT2D eigenvalue weighted by Crippen LogP contribution is 2.34. The number of hydrogen-bond donors (Lipinski definition) is 4. The van der Waals surface area contributed by atoms with E-state index in [4.69, 9.17) is 27.7 Å². The maximum atomic E-state index is 6.30. The van der Waals surface area contributed by atoms with Crippen LogP contribution in [0.2, 0.25) is 0 Å². The van der Waals surface area contributed by atoms with E-state index in [0.717, 1.165) is 51.4 Å². The summed E-state index contributed by atoms with van der Waals surface area (Å²) in [5.41, 5.74) is 23.2. The molecule has 2 saturated carbocycles. The maximum Gasteiger partial charge on any atom is 0.134 e. The molecule has 4 atom stereocenters. The second kappa shape index (κ2) is 4.82. The first-order valence-corrected chi connectivity index (χ1v) is 6.75. The fourth-order valence-electron chi connectivity index (χ4n) is 3.00. The predicted molar refractivity (Wildman–Crippen MR) is 67.8 cm³/mol. The van der Waals surface area contributed by atoms with Crippen LogP contribution in [0.15, 0.2) is 0 Å². The summed E-state index contributed by atoms with van der Waals surface area (Å²) in [5.74, 6) is 0. The lowest BCUT2D eigenvalue weighted by Crippen LogP contribution is -2.69. The summed E-state index contributed by atoms with van der Waals surface area (Å²) in [7, 11) is 0. The molecule has 2 aliphatic carbocycles. The molecule has 17 heavy (non-hydrogen) atoms. The van der Waals surface area contributed by atoms with Crippen LogP contribution in [-0.4, -0.2) is 23.5 Å². The average Bonchev–Trinajstić information content (AvgIpc) is 2.27. The first-order chi connectivity index (χ1) is 7.96. The van der Waals surface area contributed by atoms with Gasteiger partial charge in [-0.15, -0.1) is 0 Å². The van der Waals surface area contributed by atoms with Crippen LogP contribution in [0.3, 0.4) is 0 Å². The molecule has 2 aliphatic rings. The van der Waals surface area contributed by atoms with Crippen LogP contribution in [0.5, 0.6) is 0 Å². The van der Waals surface area contributed by atoms with Crippen molar-refractivity contribution < 1.29 is 4.74 Å². The topological polar surface area (TPSA) is 113 Å². The van der Waals surface area contributed by atoms with Crippen molar-refractivity contribution in [2.75, 3.05) is 0 Å². The third kappa shape index (κ3) is 2.63. The van der Waals surface area contributed by atoms with Gasteiger partial charge in [0.15, 0.2) is 0 Å². The minimum absolute atomic E-state index is 0.134. The van der Waals surface area contributed by atoms with E-state index in [1.165, 1.54) is 0 Å². The van der Waals surface area contributed by atoms with Crippen molar-refractivity contribution in [2.45, 2.75) is 74.9 Å². The first kappa shape index (κ1) is 13.2. The summed E-state index contributed by atoms with van der Waals surface area (Å²) in [6.45, 7) is 0. The zero-order valence-corrected chi connectivity index (χ0v) is 10.5. The SMILES string of the molecule is NC1CCCCC1(N)OC1(N)CCCCC1N. The van der Waals surface area contributed by atoms with Gasteiger partial charge in [-0.1, -0.05) is 12.8 Å². The van der Waals surface area contributed by atoms with Crippen LogP contribution in [0, 0.1) is 0 Å². The maximum absolute atomic E-state index is 6.30. The molecule has 0 bridgehead atoms. The largest absolute Gasteiger partial charge is 0.337 e. The summed E-state index contributed by atoms with van der Waals surface area (Å²) >= 11 is 0. The first-order valence-electron chi connectivity index (χ1n) is 6.75. The van der Waals surface area contributed by atoms with Gasteiger partial charge in [-0.05, 0) is 38.5 Å². The predicted octanol–water partition coefficient (Wildman–Crippen LogP) is 0.116. The molecule has 0 aliphatic heterocycles. The van der Waals surface area contributed by atoms with Crippen molar-refractivity contribution in [1.29, 1.82) is 0 Å². The van der Waals surface area contributed by atoms with E-state index in [2.05, 4.69) is 0 Å². The Morgan fingerprint density at radius 2 is 1.18 bits per heavy atom. The number of rotatable bonds is 2. The van der Waals surface area contributed by atoms with Gasteiger partial charge in [0.1, 0.15) is 11.4 Å². The van der Waals surface area contributed by atoms with E-state index in [0.29, 0.717) is 0 Å². The highest BCUT2D eigenvalue weighted by Gasteiger charge is 2.46. The lowest BCUT2D eigenvalue weighted by Gasteiger charge is -2.48. The highest BCUT2D eigenvalue weighted by molar-refractivity contribution is 4.97. The van der Waals surface area contributed by atoms with E-state index in [-0.39, 0.29) is 12.1 Å². The summed E-state index contributed by atoms with van der Waals surface area (Å²) in [6.07, 6.45) is 7.70. The Bertz CT molecular complexity index is 249. The fourth-order valence-corrected chi connectivity index (χ4v) is 3.00. The third-order valence-electron chi connectivity index (χ3n) is 4.30. The van der Waals surface area contributed by atoms with Crippen LogP contribution < -0.4 is 22.9 Å². The van der Waals surface area contributed by atoms with Gasteiger partial charge in [0.25, 0.3) is 0 Å². The van der Waals surface area contributed by atoms with Gasteiger partial charge in [-0.3, -0.25) is 0 Å². The van der Waals surface area contributed by atoms with Gasteiger partial charge < -0.3 is 27.7 Å². The molecular weight excluding hydrogens is 216 g/mol. The Balaban J connectivity index is 2.07. The Kier molecular flexibility index (Phi) is 3.75. The summed E-state index contributed by atoms with van der Waals surface area (Å²) in [5, 5.41) is 0. The monoisotopic (exact) mass is 242 g/mol. The summed E-state index contributed by atoms with van der Waals surface area (Å²) < 4.78 is 6.04. The molecule has 4 unspecified atom stereocenters. The zero-order valence-electron chi connectivity index (χ0n) is 10.5. The van der Waals surface area contributed by atoms with Gasteiger partial charge in [-0.2, -0.15) is 0 Å². The lowest BCUT2D eigenvalue weighted by atomic mass is 9.84. The minimum Gasteiger partial charge on any atom is -0.337 e. The van der Waals surface area contributed by atoms with Gasteiger partial charge in [-0.25, -0.2) is 0 Å². The smallest absolute Gasteiger partial charge is 0.134 e. The Labute approximate surface area is 103 Å². The Hall–Kier alpha value is -0.200. The number of hydrogen-bond acceptors (Lipinski definition) is 5. The molecular formula is C12H26N4O. The molecule has 5 heteroatoms. The molecule has 0 aromatic carbocycles. The third-order valence-corrected chi connectivity index (χ3v) is 4.30. The molecule has 100 valence electrons. The summed E-state index contributed by atoms with van der Waals surface area (Å²) in [6, 6.07) is -0.267.